The molecule has 3 N–H and O–H groups in total. The smallest absolute Gasteiger partial charge is 0.271 e. The van der Waals surface area contributed by atoms with Gasteiger partial charge < -0.3 is 15.6 Å². The third kappa shape index (κ3) is 2.57. The summed E-state index contributed by atoms with van der Waals surface area (Å²) in [4.78, 5) is 23.4. The molecule has 0 spiro atoms. The molecule has 0 saturated heterocycles. The van der Waals surface area contributed by atoms with Crippen molar-refractivity contribution in [1.82, 2.24) is 24.8 Å². The molecule has 0 bridgehead atoms. The van der Waals surface area contributed by atoms with Crippen LogP contribution >= 0.6 is 0 Å². The van der Waals surface area contributed by atoms with Crippen LogP contribution in [0.5, 0.6) is 0 Å². The van der Waals surface area contributed by atoms with Gasteiger partial charge in [0.05, 0.1) is 18.9 Å². The number of nitrogen functional groups attached to an aromatic ring is 1. The van der Waals surface area contributed by atoms with Crippen molar-refractivity contribution >= 4 is 11.7 Å². The van der Waals surface area contributed by atoms with Gasteiger partial charge in [0.1, 0.15) is 17.3 Å². The van der Waals surface area contributed by atoms with Crippen LogP contribution in [0.25, 0.3) is 0 Å². The number of carbonyl (C=O) groups is 1. The molecular formula is C10H12N6O. The maximum Gasteiger partial charge on any atom is 0.271 e. The van der Waals surface area contributed by atoms with Crippen LogP contribution in [0.3, 0.4) is 0 Å². The molecule has 0 unspecified atom stereocenters. The van der Waals surface area contributed by atoms with Crippen LogP contribution < -0.4 is 11.1 Å². The SMILES string of the molecule is Cn1ccnc1CNC(=O)c1cnc(N)cn1. The first-order valence-electron chi connectivity index (χ1n) is 4.99. The lowest BCUT2D eigenvalue weighted by Gasteiger charge is -2.04. The molecule has 7 nitrogen and oxygen atoms in total. The molecule has 0 aliphatic rings. The number of amides is 1. The lowest BCUT2D eigenvalue weighted by atomic mass is 10.4. The predicted octanol–water partition coefficient (Wildman–Crippen LogP) is -0.278. The van der Waals surface area contributed by atoms with Gasteiger partial charge in [-0.3, -0.25) is 4.79 Å². The van der Waals surface area contributed by atoms with E-state index in [9.17, 15) is 4.79 Å². The van der Waals surface area contributed by atoms with Gasteiger partial charge in [0, 0.05) is 19.4 Å². The topological polar surface area (TPSA) is 98.7 Å². The highest BCUT2D eigenvalue weighted by Gasteiger charge is 2.08. The number of rotatable bonds is 3. The molecular weight excluding hydrogens is 220 g/mol. The minimum atomic E-state index is -0.305. The zero-order chi connectivity index (χ0) is 12.3. The van der Waals surface area contributed by atoms with Crippen LogP contribution in [0.1, 0.15) is 16.3 Å². The largest absolute Gasteiger partial charge is 0.382 e. The molecule has 0 aromatic carbocycles. The monoisotopic (exact) mass is 232 g/mol. The van der Waals surface area contributed by atoms with Gasteiger partial charge in [0.2, 0.25) is 0 Å². The van der Waals surface area contributed by atoms with E-state index in [4.69, 9.17) is 5.73 Å². The van der Waals surface area contributed by atoms with Gasteiger partial charge >= 0.3 is 0 Å². The summed E-state index contributed by atoms with van der Waals surface area (Å²) in [5, 5.41) is 2.70. The van der Waals surface area contributed by atoms with Crippen LogP contribution in [-0.4, -0.2) is 25.4 Å². The van der Waals surface area contributed by atoms with Gasteiger partial charge in [-0.05, 0) is 0 Å². The summed E-state index contributed by atoms with van der Waals surface area (Å²) in [6.45, 7) is 0.342. The van der Waals surface area contributed by atoms with Gasteiger partial charge in [-0.25, -0.2) is 15.0 Å². The number of nitrogens with zero attached hydrogens (tertiary/aromatic N) is 4. The third-order valence-electron chi connectivity index (χ3n) is 2.23. The molecule has 0 fully saturated rings. The highest BCUT2D eigenvalue weighted by atomic mass is 16.1. The second-order valence-electron chi connectivity index (χ2n) is 3.46. The van der Waals surface area contributed by atoms with Crippen molar-refractivity contribution in [3.05, 3.63) is 36.3 Å². The van der Waals surface area contributed by atoms with E-state index in [1.807, 2.05) is 17.8 Å². The quantitative estimate of drug-likeness (QED) is 0.758. The fourth-order valence-corrected chi connectivity index (χ4v) is 1.27. The predicted molar refractivity (Wildman–Crippen MR) is 60.8 cm³/mol. The summed E-state index contributed by atoms with van der Waals surface area (Å²) in [5.41, 5.74) is 5.61. The van der Waals surface area contributed by atoms with E-state index in [1.54, 1.807) is 6.20 Å². The average molecular weight is 232 g/mol. The lowest BCUT2D eigenvalue weighted by molar-refractivity contribution is 0.0944. The number of aryl methyl sites for hydroxylation is 1. The molecule has 0 atom stereocenters. The normalized spacial score (nSPS) is 10.2. The van der Waals surface area contributed by atoms with Crippen molar-refractivity contribution in [2.75, 3.05) is 5.73 Å². The van der Waals surface area contributed by atoms with Crippen LogP contribution in [0, 0.1) is 0 Å². The molecule has 2 heterocycles. The minimum absolute atomic E-state index is 0.230. The maximum atomic E-state index is 11.7. The molecule has 88 valence electrons. The molecule has 17 heavy (non-hydrogen) atoms. The number of imidazole rings is 1. The molecule has 2 rings (SSSR count). The van der Waals surface area contributed by atoms with E-state index >= 15 is 0 Å². The van der Waals surface area contributed by atoms with Crippen LogP contribution in [-0.2, 0) is 13.6 Å². The minimum Gasteiger partial charge on any atom is -0.382 e. The standard InChI is InChI=1S/C10H12N6O/c1-16-3-2-12-9(16)6-15-10(17)7-4-14-8(11)5-13-7/h2-5H,6H2,1H3,(H2,11,14)(H,15,17). The Hall–Kier alpha value is -2.44. The molecule has 0 radical (unpaired) electrons. The summed E-state index contributed by atoms with van der Waals surface area (Å²) in [7, 11) is 1.86. The van der Waals surface area contributed by atoms with Crippen LogP contribution in [0.15, 0.2) is 24.8 Å². The van der Waals surface area contributed by atoms with Crippen LogP contribution in [0.4, 0.5) is 5.82 Å². The number of hydrogen-bond acceptors (Lipinski definition) is 5. The molecule has 2 aromatic rings. The maximum absolute atomic E-state index is 11.7. The van der Waals surface area contributed by atoms with E-state index in [1.165, 1.54) is 12.4 Å². The molecule has 7 heteroatoms. The van der Waals surface area contributed by atoms with Crippen LogP contribution in [0.2, 0.25) is 0 Å². The Labute approximate surface area is 97.7 Å². The van der Waals surface area contributed by atoms with Gasteiger partial charge in [0.25, 0.3) is 5.91 Å². The van der Waals surface area contributed by atoms with E-state index in [2.05, 4.69) is 20.3 Å². The Morgan fingerprint density at radius 2 is 2.24 bits per heavy atom. The summed E-state index contributed by atoms with van der Waals surface area (Å²) in [6.07, 6.45) is 6.16. The number of nitrogens with one attached hydrogen (secondary N) is 1. The highest BCUT2D eigenvalue weighted by molar-refractivity contribution is 5.91. The average Bonchev–Trinajstić information content (AvgIpc) is 2.73. The fraction of sp³-hybridized carbons (Fsp3) is 0.200. The zero-order valence-electron chi connectivity index (χ0n) is 9.29. The highest BCUT2D eigenvalue weighted by Crippen LogP contribution is 1.98. The Balaban J connectivity index is 1.98. The number of aromatic nitrogens is 4. The second-order valence-corrected chi connectivity index (χ2v) is 3.46. The van der Waals surface area contributed by atoms with E-state index in [-0.39, 0.29) is 17.4 Å². The zero-order valence-corrected chi connectivity index (χ0v) is 9.29. The number of anilines is 1. The van der Waals surface area contributed by atoms with Gasteiger partial charge in [-0.15, -0.1) is 0 Å². The first kappa shape index (κ1) is 11.1. The first-order chi connectivity index (χ1) is 8.16. The molecule has 1 amide bonds. The van der Waals surface area contributed by atoms with Gasteiger partial charge in [0.15, 0.2) is 0 Å². The van der Waals surface area contributed by atoms with Crippen molar-refractivity contribution in [3.63, 3.8) is 0 Å². The summed E-state index contributed by atoms with van der Waals surface area (Å²) >= 11 is 0. The molecule has 2 aromatic heterocycles. The first-order valence-corrected chi connectivity index (χ1v) is 4.99. The third-order valence-corrected chi connectivity index (χ3v) is 2.23. The fourth-order valence-electron chi connectivity index (χ4n) is 1.27. The molecule has 0 aliphatic carbocycles. The van der Waals surface area contributed by atoms with Gasteiger partial charge in [-0.1, -0.05) is 0 Å². The van der Waals surface area contributed by atoms with Gasteiger partial charge in [-0.2, -0.15) is 0 Å². The summed E-state index contributed by atoms with van der Waals surface area (Å²) in [6, 6.07) is 0. The Morgan fingerprint density at radius 3 is 2.82 bits per heavy atom. The molecule has 0 aliphatic heterocycles. The van der Waals surface area contributed by atoms with Crippen molar-refractivity contribution in [1.29, 1.82) is 0 Å². The van der Waals surface area contributed by atoms with Crippen molar-refractivity contribution in [2.45, 2.75) is 6.54 Å². The number of nitrogens with two attached hydrogens (primary N) is 1. The number of carbonyl (C=O) groups excluding carboxylic acids is 1. The Bertz CT molecular complexity index is 518. The Kier molecular flexibility index (Phi) is 2.99. The summed E-state index contributed by atoms with van der Waals surface area (Å²) in [5.74, 6) is 0.743. The number of hydrogen-bond donors (Lipinski definition) is 2. The van der Waals surface area contributed by atoms with Crippen molar-refractivity contribution in [2.24, 2.45) is 7.05 Å². The molecule has 0 saturated carbocycles. The van der Waals surface area contributed by atoms with E-state index in [0.29, 0.717) is 6.54 Å². The second kappa shape index (κ2) is 4.60. The van der Waals surface area contributed by atoms with E-state index in [0.717, 1.165) is 5.82 Å². The van der Waals surface area contributed by atoms with Crippen molar-refractivity contribution in [3.8, 4) is 0 Å². The van der Waals surface area contributed by atoms with Crippen molar-refractivity contribution < 1.29 is 4.79 Å². The lowest BCUT2D eigenvalue weighted by Crippen LogP contribution is -2.25. The Morgan fingerprint density at radius 1 is 1.41 bits per heavy atom. The summed E-state index contributed by atoms with van der Waals surface area (Å²) < 4.78 is 1.83. The van der Waals surface area contributed by atoms with E-state index < -0.39 is 0 Å².